The molecule has 3 aromatic rings. The van der Waals surface area contributed by atoms with E-state index < -0.39 is 6.04 Å². The van der Waals surface area contributed by atoms with E-state index in [2.05, 4.69) is 50.4 Å². The summed E-state index contributed by atoms with van der Waals surface area (Å²) in [5, 5.41) is 3.03. The largest absolute Gasteiger partial charge is 0.354 e. The average molecular weight is 503 g/mol. The summed E-state index contributed by atoms with van der Waals surface area (Å²) in [5.74, 6) is -0.130. The van der Waals surface area contributed by atoms with Crippen LogP contribution in [0.2, 0.25) is 0 Å². The van der Waals surface area contributed by atoms with Gasteiger partial charge in [0.2, 0.25) is 11.8 Å². The summed E-state index contributed by atoms with van der Waals surface area (Å²) in [6.45, 7) is 7.20. The first kappa shape index (κ1) is 28.1. The molecule has 1 unspecified atom stereocenters. The number of rotatable bonds is 13. The lowest BCUT2D eigenvalue weighted by Crippen LogP contribution is -2.50. The van der Waals surface area contributed by atoms with Gasteiger partial charge in [-0.1, -0.05) is 93.9 Å². The van der Waals surface area contributed by atoms with Gasteiger partial charge in [0.15, 0.2) is 0 Å². The third-order valence-electron chi connectivity index (χ3n) is 6.64. The van der Waals surface area contributed by atoms with Crippen molar-refractivity contribution in [3.05, 3.63) is 107 Å². The fourth-order valence-corrected chi connectivity index (χ4v) is 4.31. The topological polar surface area (TPSA) is 49.4 Å². The molecule has 196 valence electrons. The number of nitrogens with one attached hydrogen (secondary N) is 1. The lowest BCUT2D eigenvalue weighted by Gasteiger charge is -2.31. The summed E-state index contributed by atoms with van der Waals surface area (Å²) in [6.07, 6.45) is 3.14. The van der Waals surface area contributed by atoms with E-state index in [-0.39, 0.29) is 30.6 Å². The Morgan fingerprint density at radius 3 is 2.14 bits per heavy atom. The van der Waals surface area contributed by atoms with Gasteiger partial charge in [-0.25, -0.2) is 4.39 Å². The monoisotopic (exact) mass is 502 g/mol. The zero-order chi connectivity index (χ0) is 26.6. The van der Waals surface area contributed by atoms with Crippen LogP contribution in [0.15, 0.2) is 78.9 Å². The number of nitrogens with zero attached hydrogens (tertiary/aromatic N) is 1. The molecule has 3 aromatic carbocycles. The van der Waals surface area contributed by atoms with Gasteiger partial charge in [0.25, 0.3) is 0 Å². The van der Waals surface area contributed by atoms with E-state index in [4.69, 9.17) is 0 Å². The second-order valence-corrected chi connectivity index (χ2v) is 9.89. The number of hydrogen-bond acceptors (Lipinski definition) is 2. The molecule has 0 radical (unpaired) electrons. The van der Waals surface area contributed by atoms with Crippen molar-refractivity contribution in [3.63, 3.8) is 0 Å². The molecule has 0 heterocycles. The molecule has 4 nitrogen and oxygen atoms in total. The molecule has 0 spiro atoms. The van der Waals surface area contributed by atoms with Gasteiger partial charge in [0.1, 0.15) is 11.9 Å². The Bertz CT molecular complexity index is 1110. The Kier molecular flexibility index (Phi) is 10.9. The van der Waals surface area contributed by atoms with Crippen molar-refractivity contribution in [1.82, 2.24) is 10.2 Å². The fourth-order valence-electron chi connectivity index (χ4n) is 4.31. The SMILES string of the molecule is CCCCNC(=O)C(Cc1ccccc1)N(Cc1ccc(F)cc1)C(=O)CCc1ccc(C(C)C)cc1. The number of amides is 2. The Balaban J connectivity index is 1.85. The zero-order valence-electron chi connectivity index (χ0n) is 22.3. The first-order valence-electron chi connectivity index (χ1n) is 13.3. The first-order chi connectivity index (χ1) is 17.9. The smallest absolute Gasteiger partial charge is 0.243 e. The second kappa shape index (κ2) is 14.3. The number of benzene rings is 3. The predicted molar refractivity (Wildman–Crippen MR) is 148 cm³/mol. The maximum atomic E-state index is 13.7. The highest BCUT2D eigenvalue weighted by molar-refractivity contribution is 5.88. The predicted octanol–water partition coefficient (Wildman–Crippen LogP) is 6.44. The van der Waals surface area contributed by atoms with Crippen molar-refractivity contribution in [2.45, 2.75) is 71.4 Å². The third kappa shape index (κ3) is 8.85. The van der Waals surface area contributed by atoms with Crippen LogP contribution in [0.3, 0.4) is 0 Å². The standard InChI is InChI=1S/C32H39FN2O2/c1-4-5-21-34-32(37)30(22-26-9-7-6-8-10-26)35(23-27-13-18-29(33)19-14-27)31(36)20-15-25-11-16-28(17-12-25)24(2)3/h6-14,16-19,24,30H,4-5,15,20-23H2,1-3H3,(H,34,37). The van der Waals surface area contributed by atoms with E-state index in [9.17, 15) is 14.0 Å². The molecule has 2 amide bonds. The van der Waals surface area contributed by atoms with Gasteiger partial charge in [0.05, 0.1) is 0 Å². The Morgan fingerprint density at radius 1 is 0.865 bits per heavy atom. The number of hydrogen-bond donors (Lipinski definition) is 1. The molecule has 5 heteroatoms. The first-order valence-corrected chi connectivity index (χ1v) is 13.3. The molecule has 0 saturated carbocycles. The van der Waals surface area contributed by atoms with Gasteiger partial charge < -0.3 is 10.2 Å². The summed E-state index contributed by atoms with van der Waals surface area (Å²) in [6, 6.07) is 23.6. The van der Waals surface area contributed by atoms with Gasteiger partial charge in [-0.2, -0.15) is 0 Å². The van der Waals surface area contributed by atoms with Crippen LogP contribution >= 0.6 is 0 Å². The lowest BCUT2D eigenvalue weighted by molar-refractivity contribution is -0.141. The molecule has 37 heavy (non-hydrogen) atoms. The highest BCUT2D eigenvalue weighted by Gasteiger charge is 2.30. The van der Waals surface area contributed by atoms with Gasteiger partial charge in [-0.05, 0) is 53.1 Å². The molecule has 1 atom stereocenters. The maximum Gasteiger partial charge on any atom is 0.243 e. The Hall–Kier alpha value is -3.47. The van der Waals surface area contributed by atoms with Crippen molar-refractivity contribution in [1.29, 1.82) is 0 Å². The minimum atomic E-state index is -0.667. The third-order valence-corrected chi connectivity index (χ3v) is 6.64. The highest BCUT2D eigenvalue weighted by atomic mass is 19.1. The fraction of sp³-hybridized carbons (Fsp3) is 0.375. The molecule has 0 aliphatic heterocycles. The molecular weight excluding hydrogens is 463 g/mol. The molecular formula is C32H39FN2O2. The van der Waals surface area contributed by atoms with Crippen LogP contribution in [0.1, 0.15) is 68.2 Å². The van der Waals surface area contributed by atoms with E-state index in [1.165, 1.54) is 17.7 Å². The van der Waals surface area contributed by atoms with E-state index >= 15 is 0 Å². The molecule has 0 fully saturated rings. The van der Waals surface area contributed by atoms with E-state index in [1.807, 2.05) is 30.3 Å². The molecule has 1 N–H and O–H groups in total. The van der Waals surface area contributed by atoms with E-state index in [0.29, 0.717) is 25.3 Å². The van der Waals surface area contributed by atoms with Gasteiger partial charge in [-0.15, -0.1) is 0 Å². The molecule has 0 aliphatic rings. The Morgan fingerprint density at radius 2 is 1.51 bits per heavy atom. The van der Waals surface area contributed by atoms with Crippen LogP contribution < -0.4 is 5.32 Å². The summed E-state index contributed by atoms with van der Waals surface area (Å²) in [4.78, 5) is 28.8. The van der Waals surface area contributed by atoms with Crippen molar-refractivity contribution in [3.8, 4) is 0 Å². The summed E-state index contributed by atoms with van der Waals surface area (Å²) in [7, 11) is 0. The van der Waals surface area contributed by atoms with E-state index in [0.717, 1.165) is 29.5 Å². The number of aryl methyl sites for hydroxylation is 1. The minimum absolute atomic E-state index is 0.0937. The van der Waals surface area contributed by atoms with Gasteiger partial charge in [-0.3, -0.25) is 9.59 Å². The minimum Gasteiger partial charge on any atom is -0.354 e. The van der Waals surface area contributed by atoms with Gasteiger partial charge >= 0.3 is 0 Å². The number of carbonyl (C=O) groups is 2. The average Bonchev–Trinajstić information content (AvgIpc) is 2.91. The van der Waals surface area contributed by atoms with Crippen molar-refractivity contribution in [2.24, 2.45) is 0 Å². The van der Waals surface area contributed by atoms with Crippen LogP contribution in [0.4, 0.5) is 4.39 Å². The van der Waals surface area contributed by atoms with Crippen molar-refractivity contribution in [2.75, 3.05) is 6.54 Å². The van der Waals surface area contributed by atoms with Crippen molar-refractivity contribution >= 4 is 11.8 Å². The number of halogens is 1. The number of carbonyl (C=O) groups excluding carboxylic acids is 2. The quantitative estimate of drug-likeness (QED) is 0.274. The second-order valence-electron chi connectivity index (χ2n) is 9.89. The molecule has 0 saturated heterocycles. The normalized spacial score (nSPS) is 11.8. The van der Waals surface area contributed by atoms with Gasteiger partial charge in [0, 0.05) is 25.9 Å². The summed E-state index contributed by atoms with van der Waals surface area (Å²) >= 11 is 0. The van der Waals surface area contributed by atoms with Crippen LogP contribution in [-0.4, -0.2) is 29.3 Å². The summed E-state index contributed by atoms with van der Waals surface area (Å²) < 4.78 is 13.6. The molecule has 0 bridgehead atoms. The van der Waals surface area contributed by atoms with Crippen LogP contribution in [0.25, 0.3) is 0 Å². The molecule has 3 rings (SSSR count). The van der Waals surface area contributed by atoms with Crippen LogP contribution in [-0.2, 0) is 29.0 Å². The van der Waals surface area contributed by atoms with E-state index in [1.54, 1.807) is 17.0 Å². The highest BCUT2D eigenvalue weighted by Crippen LogP contribution is 2.19. The molecule has 0 aliphatic carbocycles. The maximum absolute atomic E-state index is 13.7. The van der Waals surface area contributed by atoms with Crippen molar-refractivity contribution < 1.29 is 14.0 Å². The lowest BCUT2D eigenvalue weighted by atomic mass is 9.99. The van der Waals surface area contributed by atoms with Crippen LogP contribution in [0.5, 0.6) is 0 Å². The summed E-state index contributed by atoms with van der Waals surface area (Å²) in [5.41, 5.74) is 4.13. The zero-order valence-corrected chi connectivity index (χ0v) is 22.3. The molecule has 0 aromatic heterocycles. The number of unbranched alkanes of at least 4 members (excludes halogenated alkanes) is 1. The van der Waals surface area contributed by atoms with Crippen LogP contribution in [0, 0.1) is 5.82 Å². The Labute approximate surface area is 220 Å².